The van der Waals surface area contributed by atoms with Crippen LogP contribution in [0.5, 0.6) is 0 Å². The highest BCUT2D eigenvalue weighted by molar-refractivity contribution is 6.63. The van der Waals surface area contributed by atoms with Crippen molar-refractivity contribution in [2.24, 2.45) is 11.8 Å². The summed E-state index contributed by atoms with van der Waals surface area (Å²) < 4.78 is 37.2. The highest BCUT2D eigenvalue weighted by Gasteiger charge is 2.12. The summed E-state index contributed by atoms with van der Waals surface area (Å²) in [6, 6.07) is 3.32. The van der Waals surface area contributed by atoms with Crippen LogP contribution in [0.4, 0.5) is 13.2 Å². The molecule has 0 spiro atoms. The van der Waals surface area contributed by atoms with Crippen molar-refractivity contribution >= 4 is 16.8 Å². The van der Waals surface area contributed by atoms with E-state index in [9.17, 15) is 18.0 Å². The molecule has 110 valence electrons. The number of carbonyl (C=O) groups is 1. The van der Waals surface area contributed by atoms with E-state index in [1.54, 1.807) is 6.07 Å². The fourth-order valence-electron chi connectivity index (χ4n) is 1.06. The zero-order chi connectivity index (χ0) is 15.9. The molecule has 0 fully saturated rings. The van der Waals surface area contributed by atoms with Crippen molar-refractivity contribution in [1.29, 1.82) is 5.26 Å². The van der Waals surface area contributed by atoms with Crippen LogP contribution in [0, 0.1) is 40.6 Å². The molecule has 0 aliphatic carbocycles. The van der Waals surface area contributed by atoms with Gasteiger partial charge in [-0.05, 0) is 35.2 Å². The molecule has 0 aromatic heterocycles. The maximum absolute atomic E-state index is 12.4. The topological polar surface area (TPSA) is 40.9 Å². The molecule has 0 N–H and O–H groups in total. The molecule has 0 aliphatic heterocycles. The minimum absolute atomic E-state index is 0.00309. The van der Waals surface area contributed by atoms with Crippen LogP contribution in [0.1, 0.15) is 26.3 Å². The van der Waals surface area contributed by atoms with E-state index in [1.807, 2.05) is 20.8 Å². The first kappa shape index (κ1) is 18.5. The van der Waals surface area contributed by atoms with Gasteiger partial charge in [0.25, 0.3) is 0 Å². The fraction of sp³-hybridized carbons (Fsp3) is 0.429. The van der Waals surface area contributed by atoms with Crippen molar-refractivity contribution in [3.05, 3.63) is 35.1 Å². The minimum atomic E-state index is -1.50. The number of benzene rings is 1. The van der Waals surface area contributed by atoms with E-state index in [2.05, 4.69) is 0 Å². The van der Waals surface area contributed by atoms with Gasteiger partial charge in [-0.3, -0.25) is 4.79 Å². The summed E-state index contributed by atoms with van der Waals surface area (Å²) in [5, 5.41) is 7.95. The van der Waals surface area contributed by atoms with Gasteiger partial charge in [-0.1, -0.05) is 20.8 Å². The third kappa shape index (κ3) is 6.07. The molecule has 0 bridgehead atoms. The average molecular weight is 306 g/mol. The van der Waals surface area contributed by atoms with Crippen LogP contribution in [-0.4, -0.2) is 5.24 Å². The van der Waals surface area contributed by atoms with Gasteiger partial charge in [0.1, 0.15) is 0 Å². The van der Waals surface area contributed by atoms with Crippen LogP contribution in [0.2, 0.25) is 0 Å². The van der Waals surface area contributed by atoms with Crippen molar-refractivity contribution in [2.75, 3.05) is 0 Å². The lowest BCUT2D eigenvalue weighted by Gasteiger charge is -2.07. The number of nitrogens with zero attached hydrogens (tertiary/aromatic N) is 1. The first-order chi connectivity index (χ1) is 9.20. The number of halogens is 4. The molecule has 0 amide bonds. The summed E-state index contributed by atoms with van der Waals surface area (Å²) in [6.45, 7) is 5.79. The summed E-state index contributed by atoms with van der Waals surface area (Å²) >= 11 is 5.18. The Morgan fingerprint density at radius 1 is 1.25 bits per heavy atom. The quantitative estimate of drug-likeness (QED) is 0.620. The molecule has 20 heavy (non-hydrogen) atoms. The van der Waals surface area contributed by atoms with E-state index in [-0.39, 0.29) is 23.1 Å². The SMILES string of the molecule is CC(C)C(C)C(=O)Cl.N#CCc1cc(F)c(F)c(F)c1. The molecule has 2 nitrogen and oxygen atoms in total. The van der Waals surface area contributed by atoms with Crippen LogP contribution in [0.15, 0.2) is 12.1 Å². The first-order valence-electron chi connectivity index (χ1n) is 5.90. The van der Waals surface area contributed by atoms with Gasteiger partial charge in [0, 0.05) is 5.92 Å². The van der Waals surface area contributed by atoms with Gasteiger partial charge in [-0.2, -0.15) is 5.26 Å². The molecule has 1 rings (SSSR count). The average Bonchev–Trinajstić information content (AvgIpc) is 2.35. The number of nitriles is 1. The Morgan fingerprint density at radius 2 is 1.70 bits per heavy atom. The van der Waals surface area contributed by atoms with Crippen molar-refractivity contribution in [3.8, 4) is 6.07 Å². The zero-order valence-electron chi connectivity index (χ0n) is 11.4. The van der Waals surface area contributed by atoms with Gasteiger partial charge in [0.2, 0.25) is 5.24 Å². The van der Waals surface area contributed by atoms with Crippen LogP contribution < -0.4 is 0 Å². The van der Waals surface area contributed by atoms with Gasteiger partial charge in [0.15, 0.2) is 17.5 Å². The Morgan fingerprint density at radius 3 is 1.95 bits per heavy atom. The second kappa shape index (κ2) is 8.60. The second-order valence-corrected chi connectivity index (χ2v) is 4.92. The van der Waals surface area contributed by atoms with Crippen molar-refractivity contribution in [3.63, 3.8) is 0 Å². The highest BCUT2D eigenvalue weighted by atomic mass is 35.5. The Hall–Kier alpha value is -1.54. The smallest absolute Gasteiger partial charge is 0.224 e. The molecule has 0 aliphatic rings. The molecule has 0 heterocycles. The molecule has 1 unspecified atom stereocenters. The minimum Gasteiger partial charge on any atom is -0.281 e. The third-order valence-corrected chi connectivity index (χ3v) is 3.03. The van der Waals surface area contributed by atoms with E-state index < -0.39 is 17.5 Å². The Balaban J connectivity index is 0.000000396. The predicted octanol–water partition coefficient (Wildman–Crippen LogP) is 4.21. The zero-order valence-corrected chi connectivity index (χ0v) is 12.1. The number of carbonyl (C=O) groups excluding carboxylic acids is 1. The summed E-state index contributed by atoms with van der Waals surface area (Å²) in [5.41, 5.74) is 0.133. The summed E-state index contributed by atoms with van der Waals surface area (Å²) in [5.74, 6) is -3.67. The predicted molar refractivity (Wildman–Crippen MR) is 70.5 cm³/mol. The fourth-order valence-corrected chi connectivity index (χ4v) is 1.32. The molecule has 0 saturated heterocycles. The molecule has 1 aromatic rings. The van der Waals surface area contributed by atoms with E-state index >= 15 is 0 Å². The van der Waals surface area contributed by atoms with Crippen molar-refractivity contribution in [1.82, 2.24) is 0 Å². The van der Waals surface area contributed by atoms with E-state index in [0.29, 0.717) is 5.92 Å². The van der Waals surface area contributed by atoms with Gasteiger partial charge in [-0.15, -0.1) is 0 Å². The molecular weight excluding hydrogens is 291 g/mol. The first-order valence-corrected chi connectivity index (χ1v) is 6.28. The molecule has 0 saturated carbocycles. The van der Waals surface area contributed by atoms with Crippen LogP contribution in [0.3, 0.4) is 0 Å². The molecule has 1 atom stereocenters. The Kier molecular flexibility index (Phi) is 7.93. The molecule has 6 heteroatoms. The van der Waals surface area contributed by atoms with Gasteiger partial charge in [-0.25, -0.2) is 13.2 Å². The lowest BCUT2D eigenvalue weighted by molar-refractivity contribution is -0.115. The van der Waals surface area contributed by atoms with Crippen LogP contribution in [-0.2, 0) is 11.2 Å². The van der Waals surface area contributed by atoms with Crippen LogP contribution >= 0.6 is 11.6 Å². The van der Waals surface area contributed by atoms with E-state index in [4.69, 9.17) is 16.9 Å². The summed E-state index contributed by atoms with van der Waals surface area (Å²) in [6.07, 6.45) is -0.131. The Labute approximate surface area is 121 Å². The van der Waals surface area contributed by atoms with E-state index in [1.165, 1.54) is 0 Å². The van der Waals surface area contributed by atoms with Crippen molar-refractivity contribution < 1.29 is 18.0 Å². The largest absolute Gasteiger partial charge is 0.281 e. The lowest BCUT2D eigenvalue weighted by atomic mass is 10.0. The standard InChI is InChI=1S/C8H4F3N.C6H11ClO/c9-6-3-5(1-2-12)4-7(10)8(6)11;1-4(2)5(3)6(7)8/h3-4H,1H2;4-5H,1-3H3. The Bertz CT molecular complexity index is 489. The van der Waals surface area contributed by atoms with Crippen molar-refractivity contribution in [2.45, 2.75) is 27.2 Å². The molecule has 0 radical (unpaired) electrons. The van der Waals surface area contributed by atoms with Gasteiger partial charge < -0.3 is 0 Å². The van der Waals surface area contributed by atoms with Gasteiger partial charge in [0.05, 0.1) is 12.5 Å². The monoisotopic (exact) mass is 305 g/mol. The second-order valence-electron chi connectivity index (χ2n) is 4.55. The normalized spacial score (nSPS) is 11.3. The van der Waals surface area contributed by atoms with Gasteiger partial charge >= 0.3 is 0 Å². The maximum atomic E-state index is 12.4. The number of hydrogen-bond acceptors (Lipinski definition) is 2. The van der Waals surface area contributed by atoms with Crippen LogP contribution in [0.25, 0.3) is 0 Å². The summed E-state index contributed by atoms with van der Waals surface area (Å²) in [7, 11) is 0. The highest BCUT2D eigenvalue weighted by Crippen LogP contribution is 2.13. The third-order valence-electron chi connectivity index (χ3n) is 2.68. The number of hydrogen-bond donors (Lipinski definition) is 0. The maximum Gasteiger partial charge on any atom is 0.224 e. The lowest BCUT2D eigenvalue weighted by Crippen LogP contribution is -2.10. The molecule has 1 aromatic carbocycles. The summed E-state index contributed by atoms with van der Waals surface area (Å²) in [4.78, 5) is 10.4. The number of rotatable bonds is 3. The molecular formula is C14H15ClF3NO. The van der Waals surface area contributed by atoms with E-state index in [0.717, 1.165) is 12.1 Å².